The summed E-state index contributed by atoms with van der Waals surface area (Å²) in [6, 6.07) is 3.58. The molecule has 2 heterocycles. The van der Waals surface area contributed by atoms with Crippen molar-refractivity contribution >= 4 is 11.3 Å². The molecule has 0 saturated heterocycles. The molecule has 8 heteroatoms. The summed E-state index contributed by atoms with van der Waals surface area (Å²) in [4.78, 5) is 8.85. The maximum Gasteiger partial charge on any atom is 0.401 e. The van der Waals surface area contributed by atoms with Gasteiger partial charge in [0.25, 0.3) is 0 Å². The number of aliphatic hydroxyl groups excluding tert-OH is 1. The Morgan fingerprint density at radius 3 is 2.80 bits per heavy atom. The lowest BCUT2D eigenvalue weighted by atomic mass is 10.2. The Morgan fingerprint density at radius 1 is 1.45 bits per heavy atom. The van der Waals surface area contributed by atoms with E-state index in [-0.39, 0.29) is 5.01 Å². The standard InChI is InChI=1S/C12H12F3N3OS/c1-7-9(8-3-2-4-16-5-8)20-11(18-7)10(19)17-6-12(13,14)15/h2-5,10,17,19H,6H2,1H3. The Hall–Kier alpha value is -1.51. The molecule has 108 valence electrons. The number of alkyl halides is 3. The van der Waals surface area contributed by atoms with Crippen molar-refractivity contribution in [1.82, 2.24) is 15.3 Å². The van der Waals surface area contributed by atoms with Crippen molar-refractivity contribution in [3.8, 4) is 10.4 Å². The van der Waals surface area contributed by atoms with Crippen LogP contribution in [-0.4, -0.2) is 27.8 Å². The summed E-state index contributed by atoms with van der Waals surface area (Å²) < 4.78 is 36.2. The lowest BCUT2D eigenvalue weighted by molar-refractivity contribution is -0.131. The molecule has 0 aliphatic heterocycles. The fraction of sp³-hybridized carbons (Fsp3) is 0.333. The van der Waals surface area contributed by atoms with Gasteiger partial charge in [0, 0.05) is 18.0 Å². The van der Waals surface area contributed by atoms with E-state index in [1.807, 2.05) is 11.4 Å². The minimum Gasteiger partial charge on any atom is -0.372 e. The van der Waals surface area contributed by atoms with E-state index in [0.717, 1.165) is 21.8 Å². The Labute approximate surface area is 117 Å². The first kappa shape index (κ1) is 14.9. The monoisotopic (exact) mass is 303 g/mol. The SMILES string of the molecule is Cc1nc(C(O)NCC(F)(F)F)sc1-c1cccnc1. The van der Waals surface area contributed by atoms with Gasteiger partial charge < -0.3 is 5.11 Å². The van der Waals surface area contributed by atoms with E-state index in [9.17, 15) is 18.3 Å². The first-order valence-electron chi connectivity index (χ1n) is 5.73. The molecule has 4 nitrogen and oxygen atoms in total. The lowest BCUT2D eigenvalue weighted by Crippen LogP contribution is -2.31. The average molecular weight is 303 g/mol. The summed E-state index contributed by atoms with van der Waals surface area (Å²) in [6.45, 7) is 0.466. The zero-order chi connectivity index (χ0) is 14.8. The molecule has 0 aliphatic carbocycles. The molecule has 0 bridgehead atoms. The van der Waals surface area contributed by atoms with Crippen molar-refractivity contribution in [3.05, 3.63) is 35.2 Å². The molecule has 2 rings (SSSR count). The molecule has 0 fully saturated rings. The lowest BCUT2D eigenvalue weighted by Gasteiger charge is -2.11. The summed E-state index contributed by atoms with van der Waals surface area (Å²) in [5.41, 5.74) is 1.46. The van der Waals surface area contributed by atoms with Gasteiger partial charge in [-0.2, -0.15) is 13.2 Å². The summed E-state index contributed by atoms with van der Waals surface area (Å²) in [7, 11) is 0. The van der Waals surface area contributed by atoms with Crippen LogP contribution in [0.15, 0.2) is 24.5 Å². The van der Waals surface area contributed by atoms with Crippen molar-refractivity contribution < 1.29 is 18.3 Å². The van der Waals surface area contributed by atoms with E-state index in [0.29, 0.717) is 5.69 Å². The number of aromatic nitrogens is 2. The van der Waals surface area contributed by atoms with Crippen LogP contribution in [0.1, 0.15) is 16.9 Å². The number of thiazole rings is 1. The highest BCUT2D eigenvalue weighted by atomic mass is 32.1. The number of aliphatic hydroxyl groups is 1. The molecule has 0 aromatic carbocycles. The summed E-state index contributed by atoms with van der Waals surface area (Å²) in [5, 5.41) is 11.9. The molecular formula is C12H12F3N3OS. The molecule has 0 amide bonds. The third-order valence-corrected chi connectivity index (χ3v) is 3.73. The van der Waals surface area contributed by atoms with Gasteiger partial charge in [-0.1, -0.05) is 6.07 Å². The maximum atomic E-state index is 12.1. The highest BCUT2D eigenvalue weighted by Gasteiger charge is 2.28. The van der Waals surface area contributed by atoms with Gasteiger partial charge in [0.15, 0.2) is 6.23 Å². The molecule has 2 aromatic rings. The van der Waals surface area contributed by atoms with E-state index < -0.39 is 18.9 Å². The highest BCUT2D eigenvalue weighted by Crippen LogP contribution is 2.31. The largest absolute Gasteiger partial charge is 0.401 e. The van der Waals surface area contributed by atoms with Crippen LogP contribution in [0.3, 0.4) is 0 Å². The second kappa shape index (κ2) is 5.86. The van der Waals surface area contributed by atoms with E-state index in [2.05, 4.69) is 9.97 Å². The van der Waals surface area contributed by atoms with Gasteiger partial charge in [-0.25, -0.2) is 4.98 Å². The quantitative estimate of drug-likeness (QED) is 0.853. The van der Waals surface area contributed by atoms with E-state index in [4.69, 9.17) is 0 Å². The van der Waals surface area contributed by atoms with Crippen LogP contribution >= 0.6 is 11.3 Å². The first-order chi connectivity index (χ1) is 9.37. The summed E-state index contributed by atoms with van der Waals surface area (Å²) in [6.07, 6.45) is -2.55. The smallest absolute Gasteiger partial charge is 0.372 e. The predicted molar refractivity (Wildman–Crippen MR) is 69.1 cm³/mol. The van der Waals surface area contributed by atoms with Gasteiger partial charge in [-0.3, -0.25) is 10.3 Å². The van der Waals surface area contributed by atoms with E-state index >= 15 is 0 Å². The third-order valence-electron chi connectivity index (χ3n) is 2.47. The van der Waals surface area contributed by atoms with Crippen molar-refractivity contribution in [1.29, 1.82) is 0 Å². The molecule has 0 aliphatic rings. The Bertz CT molecular complexity index is 571. The van der Waals surface area contributed by atoms with Gasteiger partial charge in [-0.05, 0) is 13.0 Å². The second-order valence-electron chi connectivity index (χ2n) is 4.11. The Balaban J connectivity index is 2.15. The van der Waals surface area contributed by atoms with Crippen LogP contribution in [0.2, 0.25) is 0 Å². The number of hydrogen-bond acceptors (Lipinski definition) is 5. The Morgan fingerprint density at radius 2 is 2.20 bits per heavy atom. The van der Waals surface area contributed by atoms with Gasteiger partial charge in [0.05, 0.1) is 17.1 Å². The maximum absolute atomic E-state index is 12.1. The molecule has 0 radical (unpaired) electrons. The minimum absolute atomic E-state index is 0.200. The van der Waals surface area contributed by atoms with Crippen molar-refractivity contribution in [2.24, 2.45) is 0 Å². The highest BCUT2D eigenvalue weighted by molar-refractivity contribution is 7.15. The number of pyridine rings is 1. The van der Waals surface area contributed by atoms with Crippen LogP contribution < -0.4 is 5.32 Å². The molecule has 0 saturated carbocycles. The fourth-order valence-electron chi connectivity index (χ4n) is 1.60. The minimum atomic E-state index is -4.38. The fourth-order valence-corrected chi connectivity index (χ4v) is 2.62. The number of hydrogen-bond donors (Lipinski definition) is 2. The Kier molecular flexibility index (Phi) is 4.36. The molecule has 2 aromatic heterocycles. The molecule has 1 unspecified atom stereocenters. The van der Waals surface area contributed by atoms with Crippen molar-refractivity contribution in [3.63, 3.8) is 0 Å². The van der Waals surface area contributed by atoms with Gasteiger partial charge in [0.2, 0.25) is 0 Å². The molecule has 2 N–H and O–H groups in total. The van der Waals surface area contributed by atoms with E-state index in [1.165, 1.54) is 0 Å². The van der Waals surface area contributed by atoms with Crippen molar-refractivity contribution in [2.75, 3.05) is 6.54 Å². The van der Waals surface area contributed by atoms with Crippen LogP contribution in [0.4, 0.5) is 13.2 Å². The van der Waals surface area contributed by atoms with Crippen molar-refractivity contribution in [2.45, 2.75) is 19.3 Å². The van der Waals surface area contributed by atoms with Crippen LogP contribution in [0.25, 0.3) is 10.4 Å². The van der Waals surface area contributed by atoms with E-state index in [1.54, 1.807) is 25.4 Å². The van der Waals surface area contributed by atoms with Gasteiger partial charge in [-0.15, -0.1) is 11.3 Å². The molecular weight excluding hydrogens is 291 g/mol. The molecule has 1 atom stereocenters. The predicted octanol–water partition coefficient (Wildman–Crippen LogP) is 2.66. The third kappa shape index (κ3) is 3.75. The van der Waals surface area contributed by atoms with Gasteiger partial charge >= 0.3 is 6.18 Å². The molecule has 0 spiro atoms. The first-order valence-corrected chi connectivity index (χ1v) is 6.54. The van der Waals surface area contributed by atoms with Crippen LogP contribution in [0.5, 0.6) is 0 Å². The van der Waals surface area contributed by atoms with Crippen LogP contribution in [-0.2, 0) is 0 Å². The number of nitrogens with zero attached hydrogens (tertiary/aromatic N) is 2. The second-order valence-corrected chi connectivity index (χ2v) is 5.14. The average Bonchev–Trinajstić information content (AvgIpc) is 2.78. The number of halogens is 3. The van der Waals surface area contributed by atoms with Gasteiger partial charge in [0.1, 0.15) is 5.01 Å². The summed E-state index contributed by atoms with van der Waals surface area (Å²) in [5.74, 6) is 0. The topological polar surface area (TPSA) is 58.0 Å². The molecule has 20 heavy (non-hydrogen) atoms. The number of rotatable bonds is 4. The van der Waals surface area contributed by atoms with Crippen LogP contribution in [0, 0.1) is 6.92 Å². The normalized spacial score (nSPS) is 13.4. The zero-order valence-electron chi connectivity index (χ0n) is 10.5. The zero-order valence-corrected chi connectivity index (χ0v) is 11.3. The number of nitrogens with one attached hydrogen (secondary N) is 1. The number of aryl methyl sites for hydroxylation is 1. The summed E-state index contributed by atoms with van der Waals surface area (Å²) >= 11 is 1.14.